The number of pyridine rings is 1. The highest BCUT2D eigenvalue weighted by Gasteiger charge is 2.48. The van der Waals surface area contributed by atoms with Gasteiger partial charge in [-0.25, -0.2) is 9.38 Å². The number of amides is 2. The molecule has 1 saturated carbocycles. The predicted octanol–water partition coefficient (Wildman–Crippen LogP) is 6.86. The molecule has 42 heavy (non-hydrogen) atoms. The largest absolute Gasteiger partial charge is 0.384 e. The molecule has 1 aromatic carbocycles. The van der Waals surface area contributed by atoms with Crippen LogP contribution in [-0.2, 0) is 15.2 Å². The fourth-order valence-corrected chi connectivity index (χ4v) is 7.39. The van der Waals surface area contributed by atoms with Crippen LogP contribution in [0.2, 0.25) is 5.02 Å². The Kier molecular flexibility index (Phi) is 9.58. The summed E-state index contributed by atoms with van der Waals surface area (Å²) in [7, 11) is 0. The van der Waals surface area contributed by atoms with Gasteiger partial charge in [-0.05, 0) is 74.4 Å². The van der Waals surface area contributed by atoms with Crippen molar-refractivity contribution >= 4 is 29.1 Å². The van der Waals surface area contributed by atoms with Crippen LogP contribution >= 0.6 is 11.6 Å². The number of carbonyl (C=O) groups excluding carboxylic acids is 2. The number of aromatic nitrogens is 1. The average molecular weight is 594 g/mol. The Morgan fingerprint density at radius 2 is 1.79 bits per heavy atom. The molecule has 3 aliphatic rings. The van der Waals surface area contributed by atoms with E-state index in [0.29, 0.717) is 42.9 Å². The minimum Gasteiger partial charge on any atom is -0.384 e. The number of halogens is 2. The molecular formula is C34H41ClFN3O3. The van der Waals surface area contributed by atoms with E-state index in [0.717, 1.165) is 43.5 Å². The van der Waals surface area contributed by atoms with Gasteiger partial charge in [0.2, 0.25) is 11.8 Å². The maximum atomic E-state index is 14.4. The minimum absolute atomic E-state index is 0.0475. The number of allylic oxidation sites excluding steroid dienone is 2. The quantitative estimate of drug-likeness (QED) is 0.392. The molecule has 0 bridgehead atoms. The van der Waals surface area contributed by atoms with Crippen molar-refractivity contribution in [1.82, 2.24) is 9.88 Å². The third-order valence-corrected chi connectivity index (χ3v) is 9.84. The number of rotatable bonds is 4. The first kappa shape index (κ1) is 30.6. The van der Waals surface area contributed by atoms with Crippen LogP contribution in [0.15, 0.2) is 59.7 Å². The number of aliphatic imine (C=N–C) groups is 1. The SMILES string of the molecule is C[C@@H]1CN(C(=O)[C@@H]2CCCC(C3=NC(=O)CCCCC=C3)C[C@H]2c2ccc(Cl)cn2)C[C@H](C)C1(O)c1ccc(F)cc1. The van der Waals surface area contributed by atoms with Gasteiger partial charge in [0.25, 0.3) is 0 Å². The normalized spacial score (nSPS) is 31.0. The lowest BCUT2D eigenvalue weighted by Gasteiger charge is -2.49. The number of aliphatic hydroxyl groups is 1. The third-order valence-electron chi connectivity index (χ3n) is 9.62. The molecule has 2 amide bonds. The van der Waals surface area contributed by atoms with E-state index in [4.69, 9.17) is 11.6 Å². The van der Waals surface area contributed by atoms with Crippen LogP contribution in [0.3, 0.4) is 0 Å². The minimum atomic E-state index is -1.16. The Labute approximate surface area is 253 Å². The van der Waals surface area contributed by atoms with Crippen molar-refractivity contribution < 1.29 is 19.1 Å². The Morgan fingerprint density at radius 1 is 1.05 bits per heavy atom. The molecule has 2 aromatic rings. The van der Waals surface area contributed by atoms with Crippen LogP contribution in [0, 0.1) is 29.5 Å². The Morgan fingerprint density at radius 3 is 2.48 bits per heavy atom. The Balaban J connectivity index is 1.42. The molecule has 1 aromatic heterocycles. The van der Waals surface area contributed by atoms with Gasteiger partial charge in [0.1, 0.15) is 5.82 Å². The maximum absolute atomic E-state index is 14.4. The van der Waals surface area contributed by atoms with Crippen LogP contribution in [-0.4, -0.2) is 45.6 Å². The van der Waals surface area contributed by atoms with Gasteiger partial charge in [0.05, 0.1) is 10.6 Å². The first-order valence-electron chi connectivity index (χ1n) is 15.3. The number of likely N-dealkylation sites (tertiary alicyclic amines) is 1. The van der Waals surface area contributed by atoms with Gasteiger partial charge >= 0.3 is 0 Å². The van der Waals surface area contributed by atoms with E-state index >= 15 is 0 Å². The van der Waals surface area contributed by atoms with Crippen LogP contribution in [0.5, 0.6) is 0 Å². The summed E-state index contributed by atoms with van der Waals surface area (Å²) >= 11 is 6.19. The zero-order chi connectivity index (χ0) is 29.9. The topological polar surface area (TPSA) is 82.9 Å². The second-order valence-corrected chi connectivity index (χ2v) is 12.9. The van der Waals surface area contributed by atoms with E-state index in [1.54, 1.807) is 18.3 Å². The molecule has 3 heterocycles. The van der Waals surface area contributed by atoms with Gasteiger partial charge in [-0.3, -0.25) is 14.6 Å². The lowest BCUT2D eigenvalue weighted by atomic mass is 9.70. The maximum Gasteiger partial charge on any atom is 0.245 e. The van der Waals surface area contributed by atoms with Crippen LogP contribution in [0.25, 0.3) is 0 Å². The average Bonchev–Trinajstić information content (AvgIpc) is 3.13. The van der Waals surface area contributed by atoms with E-state index in [1.165, 1.54) is 12.1 Å². The van der Waals surface area contributed by atoms with Crippen molar-refractivity contribution in [3.63, 3.8) is 0 Å². The summed E-state index contributed by atoms with van der Waals surface area (Å²) in [5, 5.41) is 12.4. The second kappa shape index (κ2) is 13.2. The van der Waals surface area contributed by atoms with Crippen molar-refractivity contribution in [2.45, 2.75) is 76.7 Å². The molecule has 6 atom stereocenters. The number of carbonyl (C=O) groups is 2. The standard InChI is InChI=1S/C34H41ClFN3O3/c1-22-20-39(21-23(2)34(22,42)25-12-15-27(36)16-13-25)33(41)28-9-7-8-24(18-29(28)31-17-14-26(35)19-37-31)30-10-5-3-4-6-11-32(40)38-30/h5,10,12-17,19,22-24,28-29,42H,3-4,6-9,11,18,20-21H2,1-2H3/t22-,23+,24?,28-,29-,34?/m1/s1. The van der Waals surface area contributed by atoms with E-state index < -0.39 is 5.60 Å². The lowest BCUT2D eigenvalue weighted by molar-refractivity contribution is -0.153. The van der Waals surface area contributed by atoms with Gasteiger partial charge in [-0.15, -0.1) is 0 Å². The molecular weight excluding hydrogens is 553 g/mol. The van der Waals surface area contributed by atoms with E-state index in [2.05, 4.69) is 16.1 Å². The zero-order valence-corrected chi connectivity index (χ0v) is 25.3. The zero-order valence-electron chi connectivity index (χ0n) is 24.5. The molecule has 2 aliphatic heterocycles. The Hall–Kier alpha value is -2.90. The van der Waals surface area contributed by atoms with Crippen molar-refractivity contribution in [2.75, 3.05) is 13.1 Å². The monoisotopic (exact) mass is 593 g/mol. The molecule has 224 valence electrons. The molecule has 2 fully saturated rings. The summed E-state index contributed by atoms with van der Waals surface area (Å²) in [5.74, 6) is -1.24. The molecule has 1 N–H and O–H groups in total. The molecule has 0 spiro atoms. The molecule has 6 nitrogen and oxygen atoms in total. The summed E-state index contributed by atoms with van der Waals surface area (Å²) < 4.78 is 13.6. The predicted molar refractivity (Wildman–Crippen MR) is 163 cm³/mol. The molecule has 8 heteroatoms. The number of hydrogen-bond donors (Lipinski definition) is 1. The van der Waals surface area contributed by atoms with Crippen LogP contribution in [0.4, 0.5) is 4.39 Å². The summed E-state index contributed by atoms with van der Waals surface area (Å²) in [6, 6.07) is 9.78. The summed E-state index contributed by atoms with van der Waals surface area (Å²) in [6.07, 6.45) is 12.1. The smallest absolute Gasteiger partial charge is 0.245 e. The van der Waals surface area contributed by atoms with Crippen molar-refractivity contribution in [3.8, 4) is 0 Å². The lowest BCUT2D eigenvalue weighted by Crippen LogP contribution is -2.57. The van der Waals surface area contributed by atoms with Gasteiger partial charge < -0.3 is 10.0 Å². The number of nitrogens with zero attached hydrogens (tertiary/aromatic N) is 3. The van der Waals surface area contributed by atoms with E-state index in [-0.39, 0.29) is 47.2 Å². The Bertz CT molecular complexity index is 1310. The molecule has 1 saturated heterocycles. The highest BCUT2D eigenvalue weighted by Crippen LogP contribution is 2.44. The third kappa shape index (κ3) is 6.52. The van der Waals surface area contributed by atoms with Gasteiger partial charge in [-0.2, -0.15) is 0 Å². The number of piperidine rings is 1. The summed E-state index contributed by atoms with van der Waals surface area (Å²) in [6.45, 7) is 4.72. The fourth-order valence-electron chi connectivity index (χ4n) is 7.28. The van der Waals surface area contributed by atoms with Gasteiger partial charge in [-0.1, -0.05) is 50.1 Å². The second-order valence-electron chi connectivity index (χ2n) is 12.4. The number of benzene rings is 1. The van der Waals surface area contributed by atoms with Crippen molar-refractivity contribution in [2.24, 2.45) is 28.7 Å². The van der Waals surface area contributed by atoms with E-state index in [1.807, 2.05) is 37.0 Å². The fraction of sp³-hybridized carbons (Fsp3) is 0.529. The molecule has 2 unspecified atom stereocenters. The summed E-state index contributed by atoms with van der Waals surface area (Å²) in [4.78, 5) is 38.1. The van der Waals surface area contributed by atoms with E-state index in [9.17, 15) is 19.1 Å². The van der Waals surface area contributed by atoms with Gasteiger partial charge in [0.15, 0.2) is 0 Å². The molecule has 5 rings (SSSR count). The van der Waals surface area contributed by atoms with Crippen LogP contribution in [0.1, 0.15) is 82.4 Å². The first-order chi connectivity index (χ1) is 20.2. The van der Waals surface area contributed by atoms with Gasteiger partial charge in [0, 0.05) is 66.7 Å². The van der Waals surface area contributed by atoms with Crippen molar-refractivity contribution in [1.29, 1.82) is 0 Å². The summed E-state index contributed by atoms with van der Waals surface area (Å²) in [5.41, 5.74) is 1.16. The highest BCUT2D eigenvalue weighted by atomic mass is 35.5. The number of hydrogen-bond acceptors (Lipinski definition) is 4. The molecule has 0 radical (unpaired) electrons. The first-order valence-corrected chi connectivity index (χ1v) is 15.7. The van der Waals surface area contributed by atoms with Crippen LogP contribution < -0.4 is 0 Å². The highest BCUT2D eigenvalue weighted by molar-refractivity contribution is 6.30. The van der Waals surface area contributed by atoms with Crippen molar-refractivity contribution in [3.05, 3.63) is 76.8 Å². The molecule has 1 aliphatic carbocycles.